The Hall–Kier alpha value is -2.56. The molecule has 0 unspecified atom stereocenters. The van der Waals surface area contributed by atoms with Crippen LogP contribution < -0.4 is 10.9 Å². The number of aromatic nitrogens is 1. The molecule has 1 amide bonds. The molecule has 0 radical (unpaired) electrons. The van der Waals surface area contributed by atoms with Gasteiger partial charge in [0.25, 0.3) is 11.5 Å². The molecule has 24 heavy (non-hydrogen) atoms. The average molecular weight is 325 g/mol. The quantitative estimate of drug-likeness (QED) is 0.908. The largest absolute Gasteiger partial charge is 0.381 e. The van der Waals surface area contributed by atoms with E-state index in [2.05, 4.69) is 10.3 Å². The summed E-state index contributed by atoms with van der Waals surface area (Å²) in [5.74, 6) is 0.105. The molecule has 2 aromatic rings. The predicted molar refractivity (Wildman–Crippen MR) is 95.3 cm³/mol. The number of likely N-dealkylation sites (tertiary alicyclic amines) is 1. The fourth-order valence-corrected chi connectivity index (χ4v) is 3.02. The zero-order valence-electron chi connectivity index (χ0n) is 14.0. The van der Waals surface area contributed by atoms with Crippen LogP contribution in [0.3, 0.4) is 0 Å². The van der Waals surface area contributed by atoms with Crippen LogP contribution in [0.1, 0.15) is 40.7 Å². The summed E-state index contributed by atoms with van der Waals surface area (Å²) in [6, 6.07) is 9.39. The third-order valence-corrected chi connectivity index (χ3v) is 4.49. The first kappa shape index (κ1) is 16.3. The highest BCUT2D eigenvalue weighted by molar-refractivity contribution is 5.96. The van der Waals surface area contributed by atoms with Crippen LogP contribution >= 0.6 is 0 Å². The predicted octanol–water partition coefficient (Wildman–Crippen LogP) is 2.92. The number of anilines is 1. The smallest absolute Gasteiger partial charge is 0.254 e. The van der Waals surface area contributed by atoms with E-state index in [1.54, 1.807) is 18.3 Å². The molecule has 5 heteroatoms. The topological polar surface area (TPSA) is 65.2 Å². The Morgan fingerprint density at radius 3 is 2.75 bits per heavy atom. The lowest BCUT2D eigenvalue weighted by Gasteiger charge is -2.27. The number of piperidine rings is 1. The minimum Gasteiger partial charge on any atom is -0.381 e. The first-order valence-corrected chi connectivity index (χ1v) is 8.45. The van der Waals surface area contributed by atoms with E-state index in [1.165, 1.54) is 6.42 Å². The molecule has 1 saturated heterocycles. The molecule has 1 aliphatic heterocycles. The number of benzene rings is 1. The van der Waals surface area contributed by atoms with Gasteiger partial charge in [0.1, 0.15) is 0 Å². The summed E-state index contributed by atoms with van der Waals surface area (Å²) in [5, 5.41) is 3.24. The zero-order valence-corrected chi connectivity index (χ0v) is 14.0. The highest BCUT2D eigenvalue weighted by Crippen LogP contribution is 2.20. The van der Waals surface area contributed by atoms with Gasteiger partial charge in [0.05, 0.1) is 0 Å². The van der Waals surface area contributed by atoms with Gasteiger partial charge in [0.2, 0.25) is 0 Å². The van der Waals surface area contributed by atoms with Crippen molar-refractivity contribution in [3.63, 3.8) is 0 Å². The number of carbonyl (C=O) groups excluding carboxylic acids is 1. The molecule has 2 N–H and O–H groups in total. The Kier molecular flexibility index (Phi) is 4.99. The van der Waals surface area contributed by atoms with Crippen LogP contribution in [0.15, 0.2) is 41.3 Å². The Balaban J connectivity index is 1.75. The lowest BCUT2D eigenvalue weighted by atomic mass is 10.0. The molecule has 3 rings (SSSR count). The van der Waals surface area contributed by atoms with E-state index in [4.69, 9.17) is 0 Å². The van der Waals surface area contributed by atoms with Crippen molar-refractivity contribution in [3.8, 4) is 0 Å². The summed E-state index contributed by atoms with van der Waals surface area (Å²) < 4.78 is 0. The van der Waals surface area contributed by atoms with Crippen molar-refractivity contribution < 1.29 is 4.79 Å². The van der Waals surface area contributed by atoms with Crippen LogP contribution in [-0.4, -0.2) is 28.9 Å². The molecule has 0 atom stereocenters. The van der Waals surface area contributed by atoms with Crippen molar-refractivity contribution in [1.29, 1.82) is 0 Å². The second-order valence-corrected chi connectivity index (χ2v) is 6.26. The second-order valence-electron chi connectivity index (χ2n) is 6.26. The number of hydrogen-bond acceptors (Lipinski definition) is 3. The van der Waals surface area contributed by atoms with Crippen molar-refractivity contribution >= 4 is 11.6 Å². The van der Waals surface area contributed by atoms with Crippen molar-refractivity contribution in [2.24, 2.45) is 0 Å². The van der Waals surface area contributed by atoms with E-state index in [1.807, 2.05) is 30.0 Å². The molecule has 0 aliphatic carbocycles. The third kappa shape index (κ3) is 3.67. The number of rotatable bonds is 4. The maximum atomic E-state index is 12.7. The van der Waals surface area contributed by atoms with Crippen LogP contribution in [-0.2, 0) is 6.54 Å². The van der Waals surface area contributed by atoms with Crippen LogP contribution in [0.4, 0.5) is 5.69 Å². The molecule has 0 bridgehead atoms. The summed E-state index contributed by atoms with van der Waals surface area (Å²) in [5.41, 5.74) is 3.14. The van der Waals surface area contributed by atoms with Crippen molar-refractivity contribution in [2.75, 3.05) is 18.4 Å². The molecule has 0 saturated carbocycles. The summed E-state index contributed by atoms with van der Waals surface area (Å²) in [7, 11) is 0. The van der Waals surface area contributed by atoms with Gasteiger partial charge in [-0.25, -0.2) is 0 Å². The highest BCUT2D eigenvalue weighted by atomic mass is 16.2. The third-order valence-electron chi connectivity index (χ3n) is 4.49. The molecule has 5 nitrogen and oxygen atoms in total. The summed E-state index contributed by atoms with van der Waals surface area (Å²) in [6.45, 7) is 4.07. The Morgan fingerprint density at radius 2 is 2.00 bits per heavy atom. The summed E-state index contributed by atoms with van der Waals surface area (Å²) in [6.07, 6.45) is 4.99. The fourth-order valence-electron chi connectivity index (χ4n) is 3.02. The maximum absolute atomic E-state index is 12.7. The van der Waals surface area contributed by atoms with Gasteiger partial charge in [0, 0.05) is 42.6 Å². The normalized spacial score (nSPS) is 14.5. The number of nitrogens with zero attached hydrogens (tertiary/aromatic N) is 1. The van der Waals surface area contributed by atoms with Crippen molar-refractivity contribution in [3.05, 3.63) is 63.6 Å². The number of aromatic amines is 1. The minimum absolute atomic E-state index is 0.0956. The van der Waals surface area contributed by atoms with E-state index >= 15 is 0 Å². The van der Waals surface area contributed by atoms with Crippen LogP contribution in [0.25, 0.3) is 0 Å². The first-order valence-electron chi connectivity index (χ1n) is 8.45. The van der Waals surface area contributed by atoms with E-state index in [0.29, 0.717) is 12.1 Å². The van der Waals surface area contributed by atoms with Gasteiger partial charge < -0.3 is 15.2 Å². The van der Waals surface area contributed by atoms with E-state index in [0.717, 1.165) is 42.7 Å². The van der Waals surface area contributed by atoms with E-state index in [9.17, 15) is 9.59 Å². The van der Waals surface area contributed by atoms with Gasteiger partial charge in [-0.1, -0.05) is 12.1 Å². The average Bonchev–Trinajstić information content (AvgIpc) is 2.62. The minimum atomic E-state index is -0.0956. The lowest BCUT2D eigenvalue weighted by Crippen LogP contribution is -2.36. The number of hydrogen-bond donors (Lipinski definition) is 2. The molecule has 126 valence electrons. The van der Waals surface area contributed by atoms with Gasteiger partial charge in [-0.3, -0.25) is 9.59 Å². The van der Waals surface area contributed by atoms with Gasteiger partial charge in [-0.15, -0.1) is 0 Å². The van der Waals surface area contributed by atoms with Gasteiger partial charge in [-0.05, 0) is 49.9 Å². The first-order chi connectivity index (χ1) is 11.6. The fraction of sp³-hybridized carbons (Fsp3) is 0.368. The number of carbonyl (C=O) groups is 1. The molecule has 1 aliphatic rings. The SMILES string of the molecule is Cc1ccc(NCc2ccc[nH]c2=O)cc1C(=O)N1CCCCC1. The number of aryl methyl sites for hydroxylation is 1. The number of nitrogens with one attached hydrogen (secondary N) is 2. The number of pyridine rings is 1. The van der Waals surface area contributed by atoms with E-state index < -0.39 is 0 Å². The molecular weight excluding hydrogens is 302 g/mol. The Morgan fingerprint density at radius 1 is 1.21 bits per heavy atom. The Labute approximate surface area is 141 Å². The molecule has 1 aromatic heterocycles. The molecule has 0 spiro atoms. The monoisotopic (exact) mass is 325 g/mol. The zero-order chi connectivity index (χ0) is 16.9. The highest BCUT2D eigenvalue weighted by Gasteiger charge is 2.19. The second kappa shape index (κ2) is 7.34. The maximum Gasteiger partial charge on any atom is 0.254 e. The molecule has 1 aromatic carbocycles. The lowest BCUT2D eigenvalue weighted by molar-refractivity contribution is 0.0723. The van der Waals surface area contributed by atoms with Crippen LogP contribution in [0.5, 0.6) is 0 Å². The molecule has 2 heterocycles. The summed E-state index contributed by atoms with van der Waals surface area (Å²) in [4.78, 5) is 29.1. The number of H-pyrrole nitrogens is 1. The van der Waals surface area contributed by atoms with Gasteiger partial charge in [0.15, 0.2) is 0 Å². The van der Waals surface area contributed by atoms with E-state index in [-0.39, 0.29) is 11.5 Å². The standard InChI is InChI=1S/C19H23N3O2/c1-14-7-8-16(21-13-15-6-5-9-20-18(15)23)12-17(14)19(24)22-10-3-2-4-11-22/h5-9,12,21H,2-4,10-11,13H2,1H3,(H,20,23). The van der Waals surface area contributed by atoms with Crippen LogP contribution in [0.2, 0.25) is 0 Å². The number of amides is 1. The van der Waals surface area contributed by atoms with Crippen molar-refractivity contribution in [2.45, 2.75) is 32.7 Å². The Bertz CT molecular complexity index is 776. The molecular formula is C19H23N3O2. The summed E-state index contributed by atoms with van der Waals surface area (Å²) >= 11 is 0. The molecule has 1 fully saturated rings. The van der Waals surface area contributed by atoms with Crippen molar-refractivity contribution in [1.82, 2.24) is 9.88 Å². The van der Waals surface area contributed by atoms with Crippen LogP contribution in [0, 0.1) is 6.92 Å². The van der Waals surface area contributed by atoms with Gasteiger partial charge in [-0.2, -0.15) is 0 Å². The van der Waals surface area contributed by atoms with Gasteiger partial charge >= 0.3 is 0 Å².